The SMILES string of the molecule is Cc1cc(C(C)C)cc2c1OC(C)(CCCC(C)CCCC(C)CCCC(C)C)CC2. The number of ether oxygens (including phenoxy) is 1. The van der Waals surface area contributed by atoms with Gasteiger partial charge in [-0.2, -0.15) is 0 Å². The van der Waals surface area contributed by atoms with Gasteiger partial charge in [0.25, 0.3) is 0 Å². The third-order valence-corrected chi connectivity index (χ3v) is 7.59. The maximum atomic E-state index is 6.63. The molecule has 1 heterocycles. The van der Waals surface area contributed by atoms with E-state index in [2.05, 4.69) is 67.5 Å². The molecular formula is C30H52O. The molecule has 3 atom stereocenters. The molecule has 0 radical (unpaired) electrons. The van der Waals surface area contributed by atoms with Gasteiger partial charge in [0.05, 0.1) is 0 Å². The molecule has 0 spiro atoms. The van der Waals surface area contributed by atoms with Gasteiger partial charge in [-0.25, -0.2) is 0 Å². The first-order valence-electron chi connectivity index (χ1n) is 13.4. The van der Waals surface area contributed by atoms with Gasteiger partial charge in [-0.3, -0.25) is 0 Å². The first-order chi connectivity index (χ1) is 14.6. The van der Waals surface area contributed by atoms with Crippen molar-refractivity contribution < 1.29 is 4.74 Å². The number of aryl methyl sites for hydroxylation is 2. The lowest BCUT2D eigenvalue weighted by Crippen LogP contribution is -2.36. The van der Waals surface area contributed by atoms with E-state index in [1.165, 1.54) is 80.2 Å². The van der Waals surface area contributed by atoms with E-state index in [4.69, 9.17) is 4.74 Å². The van der Waals surface area contributed by atoms with Crippen LogP contribution in [-0.4, -0.2) is 5.60 Å². The van der Waals surface area contributed by atoms with E-state index in [1.54, 1.807) is 0 Å². The summed E-state index contributed by atoms with van der Waals surface area (Å²) in [5.74, 6) is 4.37. The highest BCUT2D eigenvalue weighted by Crippen LogP contribution is 2.40. The Morgan fingerprint density at radius 3 is 2.00 bits per heavy atom. The van der Waals surface area contributed by atoms with Gasteiger partial charge in [0.15, 0.2) is 0 Å². The summed E-state index contributed by atoms with van der Waals surface area (Å²) >= 11 is 0. The molecule has 1 nitrogen and oxygen atoms in total. The van der Waals surface area contributed by atoms with Gasteiger partial charge in [-0.1, -0.05) is 98.6 Å². The monoisotopic (exact) mass is 428 g/mol. The first-order valence-corrected chi connectivity index (χ1v) is 13.4. The van der Waals surface area contributed by atoms with Gasteiger partial charge in [0.2, 0.25) is 0 Å². The fourth-order valence-electron chi connectivity index (χ4n) is 5.22. The molecule has 0 aliphatic carbocycles. The third kappa shape index (κ3) is 8.82. The second kappa shape index (κ2) is 12.3. The molecule has 0 bridgehead atoms. The molecule has 178 valence electrons. The van der Waals surface area contributed by atoms with Crippen LogP contribution in [0.15, 0.2) is 12.1 Å². The van der Waals surface area contributed by atoms with Crippen molar-refractivity contribution in [1.29, 1.82) is 0 Å². The molecule has 0 aromatic heterocycles. The zero-order chi connectivity index (χ0) is 23.0. The largest absolute Gasteiger partial charge is 0.487 e. The van der Waals surface area contributed by atoms with E-state index in [0.717, 1.165) is 30.6 Å². The van der Waals surface area contributed by atoms with Crippen LogP contribution in [0.2, 0.25) is 0 Å². The van der Waals surface area contributed by atoms with Crippen LogP contribution in [0.25, 0.3) is 0 Å². The van der Waals surface area contributed by atoms with Crippen LogP contribution in [0.5, 0.6) is 5.75 Å². The standard InChI is InChI=1S/C30H52O/c1-22(2)12-9-13-24(5)14-10-15-25(6)16-11-18-30(8)19-17-27-21-28(23(3)4)20-26(7)29(27)31-30/h20-25H,9-19H2,1-8H3. The van der Waals surface area contributed by atoms with E-state index < -0.39 is 0 Å². The van der Waals surface area contributed by atoms with Gasteiger partial charge in [-0.15, -0.1) is 0 Å². The Morgan fingerprint density at radius 2 is 1.42 bits per heavy atom. The predicted molar refractivity (Wildman–Crippen MR) is 137 cm³/mol. The average molecular weight is 429 g/mol. The summed E-state index contributed by atoms with van der Waals surface area (Å²) in [6, 6.07) is 4.72. The number of benzene rings is 1. The molecule has 1 heteroatoms. The molecule has 1 aromatic rings. The van der Waals surface area contributed by atoms with E-state index in [0.29, 0.717) is 5.92 Å². The van der Waals surface area contributed by atoms with Crippen LogP contribution >= 0.6 is 0 Å². The summed E-state index contributed by atoms with van der Waals surface area (Å²) in [5.41, 5.74) is 4.22. The smallest absolute Gasteiger partial charge is 0.126 e. The Balaban J connectivity index is 1.70. The highest BCUT2D eigenvalue weighted by Gasteiger charge is 2.32. The fourth-order valence-corrected chi connectivity index (χ4v) is 5.22. The van der Waals surface area contributed by atoms with Crippen molar-refractivity contribution in [3.05, 3.63) is 28.8 Å². The molecule has 0 amide bonds. The van der Waals surface area contributed by atoms with Gasteiger partial charge >= 0.3 is 0 Å². The molecule has 1 aromatic carbocycles. The maximum absolute atomic E-state index is 6.63. The summed E-state index contributed by atoms with van der Waals surface area (Å²) in [4.78, 5) is 0. The Labute approximate surface area is 194 Å². The van der Waals surface area contributed by atoms with Crippen molar-refractivity contribution in [3.8, 4) is 5.75 Å². The zero-order valence-corrected chi connectivity index (χ0v) is 22.2. The molecule has 0 saturated heterocycles. The summed E-state index contributed by atoms with van der Waals surface area (Å²) in [7, 11) is 0. The summed E-state index contributed by atoms with van der Waals surface area (Å²) in [5, 5.41) is 0. The minimum absolute atomic E-state index is 0.0156. The van der Waals surface area contributed by atoms with Crippen LogP contribution < -0.4 is 4.74 Å². The minimum Gasteiger partial charge on any atom is -0.487 e. The third-order valence-electron chi connectivity index (χ3n) is 7.59. The molecule has 0 saturated carbocycles. The first kappa shape index (κ1) is 26.3. The summed E-state index contributed by atoms with van der Waals surface area (Å²) in [6.45, 7) is 18.7. The van der Waals surface area contributed by atoms with Crippen molar-refractivity contribution in [2.75, 3.05) is 0 Å². The van der Waals surface area contributed by atoms with Crippen molar-refractivity contribution in [2.24, 2.45) is 17.8 Å². The van der Waals surface area contributed by atoms with Crippen LogP contribution in [-0.2, 0) is 6.42 Å². The number of rotatable bonds is 13. The fraction of sp³-hybridized carbons (Fsp3) is 0.800. The number of hydrogen-bond donors (Lipinski definition) is 0. The second-order valence-corrected chi connectivity index (χ2v) is 11.9. The van der Waals surface area contributed by atoms with Crippen LogP contribution in [0.3, 0.4) is 0 Å². The molecule has 3 unspecified atom stereocenters. The van der Waals surface area contributed by atoms with Gasteiger partial charge in [0.1, 0.15) is 11.4 Å². The van der Waals surface area contributed by atoms with Crippen LogP contribution in [0.4, 0.5) is 0 Å². The van der Waals surface area contributed by atoms with Gasteiger partial charge in [-0.05, 0) is 79.9 Å². The molecular weight excluding hydrogens is 376 g/mol. The van der Waals surface area contributed by atoms with Crippen molar-refractivity contribution in [3.63, 3.8) is 0 Å². The quantitative estimate of drug-likeness (QED) is 0.304. The zero-order valence-electron chi connectivity index (χ0n) is 22.2. The molecule has 2 rings (SSSR count). The predicted octanol–water partition coefficient (Wildman–Crippen LogP) is 9.64. The summed E-state index contributed by atoms with van der Waals surface area (Å²) in [6.07, 6.45) is 14.6. The van der Waals surface area contributed by atoms with E-state index in [9.17, 15) is 0 Å². The highest BCUT2D eigenvalue weighted by atomic mass is 16.5. The average Bonchev–Trinajstić information content (AvgIpc) is 2.68. The lowest BCUT2D eigenvalue weighted by Gasteiger charge is -2.37. The summed E-state index contributed by atoms with van der Waals surface area (Å²) < 4.78 is 6.63. The lowest BCUT2D eigenvalue weighted by molar-refractivity contribution is 0.0515. The molecule has 31 heavy (non-hydrogen) atoms. The Hall–Kier alpha value is -0.980. The Bertz CT molecular complexity index is 659. The topological polar surface area (TPSA) is 9.23 Å². The van der Waals surface area contributed by atoms with E-state index in [-0.39, 0.29) is 5.60 Å². The van der Waals surface area contributed by atoms with Crippen LogP contribution in [0, 0.1) is 24.7 Å². The number of hydrogen-bond acceptors (Lipinski definition) is 1. The van der Waals surface area contributed by atoms with Crippen molar-refractivity contribution >= 4 is 0 Å². The van der Waals surface area contributed by atoms with Gasteiger partial charge in [0, 0.05) is 0 Å². The van der Waals surface area contributed by atoms with Crippen molar-refractivity contribution in [1.82, 2.24) is 0 Å². The van der Waals surface area contributed by atoms with Gasteiger partial charge < -0.3 is 4.74 Å². The highest BCUT2D eigenvalue weighted by molar-refractivity contribution is 5.46. The maximum Gasteiger partial charge on any atom is 0.126 e. The second-order valence-electron chi connectivity index (χ2n) is 11.9. The van der Waals surface area contributed by atoms with Crippen LogP contribution in [0.1, 0.15) is 135 Å². The minimum atomic E-state index is 0.0156. The molecule has 0 N–H and O–H groups in total. The molecule has 1 aliphatic rings. The normalized spacial score (nSPS) is 20.6. The number of fused-ring (bicyclic) bond motifs is 1. The Kier molecular flexibility index (Phi) is 10.4. The van der Waals surface area contributed by atoms with E-state index in [1.807, 2.05) is 0 Å². The Morgan fingerprint density at radius 1 is 0.839 bits per heavy atom. The lowest BCUT2D eigenvalue weighted by atomic mass is 9.84. The van der Waals surface area contributed by atoms with Crippen molar-refractivity contribution in [2.45, 2.75) is 138 Å². The van der Waals surface area contributed by atoms with E-state index >= 15 is 0 Å². The molecule has 1 aliphatic heterocycles. The molecule has 0 fully saturated rings.